The normalized spacial score (nSPS) is 10.6. The van der Waals surface area contributed by atoms with Gasteiger partial charge in [0.25, 0.3) is 0 Å². The van der Waals surface area contributed by atoms with Gasteiger partial charge in [-0.1, -0.05) is 11.8 Å². The van der Waals surface area contributed by atoms with Gasteiger partial charge in [0.2, 0.25) is 17.8 Å². The summed E-state index contributed by atoms with van der Waals surface area (Å²) in [6.45, 7) is 3.72. The van der Waals surface area contributed by atoms with Crippen LogP contribution in [-0.4, -0.2) is 36.4 Å². The molecule has 9 nitrogen and oxygen atoms in total. The molecule has 112 valence electrons. The first kappa shape index (κ1) is 15.0. The van der Waals surface area contributed by atoms with Gasteiger partial charge in [0.15, 0.2) is 5.16 Å². The van der Waals surface area contributed by atoms with Crippen LogP contribution in [0.15, 0.2) is 5.16 Å². The number of hydrogen-bond donors (Lipinski definition) is 3. The van der Waals surface area contributed by atoms with E-state index in [1.165, 1.54) is 0 Å². The molecule has 0 aliphatic rings. The highest BCUT2D eigenvalue weighted by Gasteiger charge is 2.13. The second-order valence-corrected chi connectivity index (χ2v) is 5.28. The number of aryl methyl sites for hydroxylation is 2. The lowest BCUT2D eigenvalue weighted by molar-refractivity contribution is -0.113. The molecule has 0 radical (unpaired) electrons. The van der Waals surface area contributed by atoms with Crippen molar-refractivity contribution in [3.8, 4) is 0 Å². The predicted molar refractivity (Wildman–Crippen MR) is 80.7 cm³/mol. The monoisotopic (exact) mass is 308 g/mol. The third kappa shape index (κ3) is 3.60. The Morgan fingerprint density at radius 2 is 1.86 bits per heavy atom. The van der Waals surface area contributed by atoms with Crippen molar-refractivity contribution < 1.29 is 4.79 Å². The van der Waals surface area contributed by atoms with Crippen molar-refractivity contribution in [2.24, 2.45) is 7.05 Å². The number of anilines is 3. The molecule has 0 fully saturated rings. The predicted octanol–water partition coefficient (Wildman–Crippen LogP) is 0.117. The van der Waals surface area contributed by atoms with Gasteiger partial charge in [-0.05, 0) is 13.8 Å². The number of nitrogen functional groups attached to an aromatic ring is 2. The number of rotatable bonds is 4. The molecule has 2 aromatic rings. The van der Waals surface area contributed by atoms with Crippen LogP contribution in [0, 0.1) is 13.8 Å². The van der Waals surface area contributed by atoms with E-state index in [2.05, 4.69) is 25.4 Å². The first-order valence-corrected chi connectivity index (χ1v) is 7.05. The number of amides is 1. The van der Waals surface area contributed by atoms with Crippen LogP contribution in [0.4, 0.5) is 17.6 Å². The summed E-state index contributed by atoms with van der Waals surface area (Å²) in [4.78, 5) is 23.4. The molecule has 2 aromatic heterocycles. The molecule has 21 heavy (non-hydrogen) atoms. The number of nitrogens with zero attached hydrogens (tertiary/aromatic N) is 5. The number of aromatic nitrogens is 5. The minimum atomic E-state index is -0.184. The van der Waals surface area contributed by atoms with E-state index in [4.69, 9.17) is 11.5 Å². The summed E-state index contributed by atoms with van der Waals surface area (Å²) in [6, 6.07) is 0. The van der Waals surface area contributed by atoms with E-state index in [9.17, 15) is 4.79 Å². The van der Waals surface area contributed by atoms with Gasteiger partial charge in [0.1, 0.15) is 0 Å². The molecule has 0 aliphatic carbocycles. The lowest BCUT2D eigenvalue weighted by atomic mass is 10.3. The molecule has 0 spiro atoms. The molecule has 0 bridgehead atoms. The maximum absolute atomic E-state index is 12.0. The zero-order valence-corrected chi connectivity index (χ0v) is 12.7. The summed E-state index contributed by atoms with van der Waals surface area (Å²) in [6.07, 6.45) is 0. The molecule has 5 N–H and O–H groups in total. The third-order valence-electron chi connectivity index (χ3n) is 2.76. The summed E-state index contributed by atoms with van der Waals surface area (Å²) < 4.78 is 1.71. The van der Waals surface area contributed by atoms with Gasteiger partial charge in [-0.15, -0.1) is 0 Å². The SMILES string of the molecule is Cc1nn(C)c(C)c1NC(=O)CSc1nc(N)nc(N)n1. The summed E-state index contributed by atoms with van der Waals surface area (Å²) in [5, 5.41) is 7.37. The van der Waals surface area contributed by atoms with Crippen LogP contribution < -0.4 is 16.8 Å². The van der Waals surface area contributed by atoms with E-state index in [1.807, 2.05) is 20.9 Å². The Labute approximate surface area is 125 Å². The van der Waals surface area contributed by atoms with Gasteiger partial charge in [-0.2, -0.15) is 20.1 Å². The quantitative estimate of drug-likeness (QED) is 0.677. The largest absolute Gasteiger partial charge is 0.368 e. The average Bonchev–Trinajstić information content (AvgIpc) is 2.62. The molecule has 0 aromatic carbocycles. The summed E-state index contributed by atoms with van der Waals surface area (Å²) >= 11 is 1.13. The van der Waals surface area contributed by atoms with Crippen LogP contribution in [0.3, 0.4) is 0 Å². The molecule has 10 heteroatoms. The molecule has 0 saturated carbocycles. The fourth-order valence-electron chi connectivity index (χ4n) is 1.71. The zero-order chi connectivity index (χ0) is 15.6. The molecular formula is C11H16N8OS. The lowest BCUT2D eigenvalue weighted by Gasteiger charge is -2.05. The molecule has 2 rings (SSSR count). The Morgan fingerprint density at radius 1 is 1.24 bits per heavy atom. The zero-order valence-electron chi connectivity index (χ0n) is 11.9. The van der Waals surface area contributed by atoms with Crippen LogP contribution in [0.2, 0.25) is 0 Å². The van der Waals surface area contributed by atoms with E-state index in [0.717, 1.165) is 28.8 Å². The van der Waals surface area contributed by atoms with Crippen molar-refractivity contribution in [2.45, 2.75) is 19.0 Å². The first-order valence-electron chi connectivity index (χ1n) is 6.06. The third-order valence-corrected chi connectivity index (χ3v) is 3.60. The molecule has 0 atom stereocenters. The van der Waals surface area contributed by atoms with Crippen LogP contribution >= 0.6 is 11.8 Å². The lowest BCUT2D eigenvalue weighted by Crippen LogP contribution is -2.15. The molecule has 0 unspecified atom stereocenters. The Morgan fingerprint density at radius 3 is 2.38 bits per heavy atom. The number of nitrogens with two attached hydrogens (primary N) is 2. The summed E-state index contributed by atoms with van der Waals surface area (Å²) in [5.74, 6) is 0.0156. The van der Waals surface area contributed by atoms with Gasteiger partial charge < -0.3 is 16.8 Å². The maximum Gasteiger partial charge on any atom is 0.234 e. The first-order chi connectivity index (χ1) is 9.86. The van der Waals surface area contributed by atoms with Crippen LogP contribution in [0.5, 0.6) is 0 Å². The average molecular weight is 308 g/mol. The molecule has 1 amide bonds. The number of carbonyl (C=O) groups excluding carboxylic acids is 1. The standard InChI is InChI=1S/C11H16N8OS/c1-5-8(6(2)19(3)18-5)14-7(20)4-21-11-16-9(12)15-10(13)17-11/h4H2,1-3H3,(H,14,20)(H4,12,13,15,16,17). The van der Waals surface area contributed by atoms with Crippen molar-refractivity contribution in [1.29, 1.82) is 0 Å². The van der Waals surface area contributed by atoms with E-state index < -0.39 is 0 Å². The highest BCUT2D eigenvalue weighted by molar-refractivity contribution is 7.99. The molecule has 2 heterocycles. The van der Waals surface area contributed by atoms with Crippen molar-refractivity contribution in [3.63, 3.8) is 0 Å². The minimum absolute atomic E-state index is 0.0318. The smallest absolute Gasteiger partial charge is 0.234 e. The Hall–Kier alpha value is -2.36. The summed E-state index contributed by atoms with van der Waals surface area (Å²) in [5.41, 5.74) is 13.3. The maximum atomic E-state index is 12.0. The Bertz CT molecular complexity index is 663. The highest BCUT2D eigenvalue weighted by atomic mass is 32.2. The van der Waals surface area contributed by atoms with Crippen molar-refractivity contribution in [2.75, 3.05) is 22.5 Å². The number of carbonyl (C=O) groups is 1. The van der Waals surface area contributed by atoms with Crippen molar-refractivity contribution in [1.82, 2.24) is 24.7 Å². The highest BCUT2D eigenvalue weighted by Crippen LogP contribution is 2.20. The molecule has 0 aliphatic heterocycles. The molecular weight excluding hydrogens is 292 g/mol. The Balaban J connectivity index is 1.99. The van der Waals surface area contributed by atoms with Crippen molar-refractivity contribution in [3.05, 3.63) is 11.4 Å². The van der Waals surface area contributed by atoms with Crippen LogP contribution in [-0.2, 0) is 11.8 Å². The number of thioether (sulfide) groups is 1. The minimum Gasteiger partial charge on any atom is -0.368 e. The molecule has 0 saturated heterocycles. The van der Waals surface area contributed by atoms with Gasteiger partial charge in [0, 0.05) is 7.05 Å². The second kappa shape index (κ2) is 5.95. The van der Waals surface area contributed by atoms with Crippen LogP contribution in [0.1, 0.15) is 11.4 Å². The van der Waals surface area contributed by atoms with Crippen LogP contribution in [0.25, 0.3) is 0 Å². The number of hydrogen-bond acceptors (Lipinski definition) is 8. The van der Waals surface area contributed by atoms with Crippen molar-refractivity contribution >= 4 is 35.3 Å². The fourth-order valence-corrected chi connectivity index (χ4v) is 2.36. The van der Waals surface area contributed by atoms with E-state index >= 15 is 0 Å². The fraction of sp³-hybridized carbons (Fsp3) is 0.364. The van der Waals surface area contributed by atoms with Gasteiger partial charge in [0.05, 0.1) is 22.8 Å². The number of nitrogens with one attached hydrogen (secondary N) is 1. The van der Waals surface area contributed by atoms with Gasteiger partial charge in [-0.25, -0.2) is 0 Å². The van der Waals surface area contributed by atoms with Gasteiger partial charge in [-0.3, -0.25) is 9.48 Å². The summed E-state index contributed by atoms with van der Waals surface area (Å²) in [7, 11) is 1.82. The van der Waals surface area contributed by atoms with E-state index in [0.29, 0.717) is 5.16 Å². The Kier molecular flexibility index (Phi) is 4.26. The van der Waals surface area contributed by atoms with E-state index in [-0.39, 0.29) is 23.6 Å². The van der Waals surface area contributed by atoms with E-state index in [1.54, 1.807) is 4.68 Å². The van der Waals surface area contributed by atoms with Gasteiger partial charge >= 0.3 is 0 Å². The second-order valence-electron chi connectivity index (χ2n) is 4.34. The topological polar surface area (TPSA) is 138 Å².